The van der Waals surface area contributed by atoms with Crippen LogP contribution in [0.15, 0.2) is 48.8 Å². The van der Waals surface area contributed by atoms with E-state index in [0.717, 1.165) is 0 Å². The predicted octanol–water partition coefficient (Wildman–Crippen LogP) is 3.74. The highest BCUT2D eigenvalue weighted by Gasteiger charge is 2.04. The molecule has 0 spiro atoms. The molecule has 0 aromatic carbocycles. The molecule has 0 aliphatic heterocycles. The minimum absolute atomic E-state index is 1.18. The molecule has 0 saturated carbocycles. The van der Waals surface area contributed by atoms with Crippen molar-refractivity contribution in [1.82, 2.24) is 9.97 Å². The van der Waals surface area contributed by atoms with E-state index < -0.39 is 0 Å². The highest BCUT2D eigenvalue weighted by Crippen LogP contribution is 2.32. The Labute approximate surface area is 91.6 Å². The van der Waals surface area contributed by atoms with Crippen LogP contribution >= 0.6 is 11.3 Å². The lowest BCUT2D eigenvalue weighted by molar-refractivity contribution is 1.42. The molecule has 3 aromatic heterocycles. The lowest BCUT2D eigenvalue weighted by Crippen LogP contribution is -1.67. The van der Waals surface area contributed by atoms with Crippen LogP contribution in [0.25, 0.3) is 21.1 Å². The van der Waals surface area contributed by atoms with Crippen molar-refractivity contribution in [3.63, 3.8) is 0 Å². The Hall–Kier alpha value is -1.74. The molecular formula is C12H10N2S. The van der Waals surface area contributed by atoms with Gasteiger partial charge in [0.1, 0.15) is 0 Å². The molecule has 74 valence electrons. The first-order chi connectivity index (χ1) is 7.43. The molecule has 0 aliphatic rings. The SMILES string of the molecule is c1c[nH]c(-c2ccc(-c3ccc[nH]3)s2)c1. The maximum Gasteiger partial charge on any atom is 0.0555 e. The highest BCUT2D eigenvalue weighted by atomic mass is 32.1. The topological polar surface area (TPSA) is 31.6 Å². The summed E-state index contributed by atoms with van der Waals surface area (Å²) in [4.78, 5) is 8.96. The van der Waals surface area contributed by atoms with Gasteiger partial charge in [0.2, 0.25) is 0 Å². The maximum absolute atomic E-state index is 3.21. The summed E-state index contributed by atoms with van der Waals surface area (Å²) in [7, 11) is 0. The Morgan fingerprint density at radius 2 is 1.27 bits per heavy atom. The van der Waals surface area contributed by atoms with E-state index in [9.17, 15) is 0 Å². The van der Waals surface area contributed by atoms with Crippen LogP contribution in [0.1, 0.15) is 0 Å². The van der Waals surface area contributed by atoms with Gasteiger partial charge in [-0.05, 0) is 36.4 Å². The molecule has 3 aromatic rings. The summed E-state index contributed by atoms with van der Waals surface area (Å²) >= 11 is 1.79. The summed E-state index contributed by atoms with van der Waals surface area (Å²) in [5, 5.41) is 0. The van der Waals surface area contributed by atoms with E-state index >= 15 is 0 Å². The summed E-state index contributed by atoms with van der Waals surface area (Å²) in [6.07, 6.45) is 3.90. The van der Waals surface area contributed by atoms with E-state index in [4.69, 9.17) is 0 Å². The van der Waals surface area contributed by atoms with E-state index in [1.54, 1.807) is 11.3 Å². The smallest absolute Gasteiger partial charge is 0.0555 e. The molecular weight excluding hydrogens is 204 g/mol. The molecule has 3 heteroatoms. The van der Waals surface area contributed by atoms with Crippen molar-refractivity contribution >= 4 is 11.3 Å². The first-order valence-corrected chi connectivity index (χ1v) is 5.62. The number of hydrogen-bond donors (Lipinski definition) is 2. The van der Waals surface area contributed by atoms with Crippen molar-refractivity contribution in [2.45, 2.75) is 0 Å². The third-order valence-electron chi connectivity index (χ3n) is 2.33. The molecule has 15 heavy (non-hydrogen) atoms. The average molecular weight is 214 g/mol. The zero-order valence-corrected chi connectivity index (χ0v) is 8.84. The van der Waals surface area contributed by atoms with E-state index in [2.05, 4.69) is 34.2 Å². The first kappa shape index (κ1) is 8.56. The van der Waals surface area contributed by atoms with Crippen LogP contribution in [-0.4, -0.2) is 9.97 Å². The quantitative estimate of drug-likeness (QED) is 0.651. The van der Waals surface area contributed by atoms with Crippen LogP contribution < -0.4 is 0 Å². The van der Waals surface area contributed by atoms with Gasteiger partial charge in [0, 0.05) is 12.4 Å². The molecule has 0 bridgehead atoms. The van der Waals surface area contributed by atoms with Crippen molar-refractivity contribution < 1.29 is 0 Å². The van der Waals surface area contributed by atoms with Gasteiger partial charge in [-0.3, -0.25) is 0 Å². The van der Waals surface area contributed by atoms with Crippen LogP contribution in [0.5, 0.6) is 0 Å². The number of nitrogens with one attached hydrogen (secondary N) is 2. The van der Waals surface area contributed by atoms with Crippen LogP contribution in [0.4, 0.5) is 0 Å². The van der Waals surface area contributed by atoms with Gasteiger partial charge in [0.05, 0.1) is 21.1 Å². The fourth-order valence-electron chi connectivity index (χ4n) is 1.59. The van der Waals surface area contributed by atoms with Gasteiger partial charge >= 0.3 is 0 Å². The van der Waals surface area contributed by atoms with Crippen molar-refractivity contribution in [3.05, 3.63) is 48.8 Å². The van der Waals surface area contributed by atoms with E-state index in [1.807, 2.05) is 24.5 Å². The summed E-state index contributed by atoms with van der Waals surface area (Å²) in [6.45, 7) is 0. The highest BCUT2D eigenvalue weighted by molar-refractivity contribution is 7.18. The molecule has 0 atom stereocenters. The summed E-state index contributed by atoms with van der Waals surface area (Å²) in [5.74, 6) is 0. The number of rotatable bonds is 2. The minimum atomic E-state index is 1.18. The Morgan fingerprint density at radius 1 is 0.733 bits per heavy atom. The summed E-state index contributed by atoms with van der Waals surface area (Å²) in [5.41, 5.74) is 2.36. The molecule has 0 aliphatic carbocycles. The number of H-pyrrole nitrogens is 2. The van der Waals surface area contributed by atoms with Gasteiger partial charge in [-0.25, -0.2) is 0 Å². The molecule has 2 N–H and O–H groups in total. The minimum Gasteiger partial charge on any atom is -0.361 e. The monoisotopic (exact) mass is 214 g/mol. The number of aromatic amines is 2. The Bertz CT molecular complexity index is 483. The number of hydrogen-bond acceptors (Lipinski definition) is 1. The summed E-state index contributed by atoms with van der Waals surface area (Å²) in [6, 6.07) is 12.5. The second-order valence-electron chi connectivity index (χ2n) is 3.33. The fraction of sp³-hybridized carbons (Fsp3) is 0. The molecule has 3 heterocycles. The number of aromatic nitrogens is 2. The standard InChI is InChI=1S/C12H10N2S/c1-3-9(13-7-1)11-5-6-12(15-11)10-4-2-8-14-10/h1-8,13-14H. The Balaban J connectivity index is 2.02. The fourth-order valence-corrected chi connectivity index (χ4v) is 2.58. The number of thiophene rings is 1. The van der Waals surface area contributed by atoms with E-state index in [0.29, 0.717) is 0 Å². The van der Waals surface area contributed by atoms with Gasteiger partial charge < -0.3 is 9.97 Å². The largest absolute Gasteiger partial charge is 0.361 e. The van der Waals surface area contributed by atoms with E-state index in [1.165, 1.54) is 21.1 Å². The van der Waals surface area contributed by atoms with Gasteiger partial charge in [-0.15, -0.1) is 11.3 Å². The second-order valence-corrected chi connectivity index (χ2v) is 4.42. The van der Waals surface area contributed by atoms with Crippen molar-refractivity contribution in [2.24, 2.45) is 0 Å². The molecule has 3 rings (SSSR count). The summed E-state index contributed by atoms with van der Waals surface area (Å²) < 4.78 is 0. The van der Waals surface area contributed by atoms with Crippen molar-refractivity contribution in [2.75, 3.05) is 0 Å². The van der Waals surface area contributed by atoms with Gasteiger partial charge in [-0.2, -0.15) is 0 Å². The molecule has 0 fully saturated rings. The molecule has 0 radical (unpaired) electrons. The third-order valence-corrected chi connectivity index (χ3v) is 3.48. The van der Waals surface area contributed by atoms with Crippen molar-refractivity contribution in [3.8, 4) is 21.1 Å². The molecule has 0 saturated heterocycles. The van der Waals surface area contributed by atoms with Gasteiger partial charge in [0.15, 0.2) is 0 Å². The van der Waals surface area contributed by atoms with Crippen LogP contribution in [0.2, 0.25) is 0 Å². The average Bonchev–Trinajstić information content (AvgIpc) is 3.02. The predicted molar refractivity (Wildman–Crippen MR) is 63.9 cm³/mol. The van der Waals surface area contributed by atoms with Crippen LogP contribution in [0, 0.1) is 0 Å². The normalized spacial score (nSPS) is 10.7. The third kappa shape index (κ3) is 1.51. The zero-order valence-electron chi connectivity index (χ0n) is 8.03. The first-order valence-electron chi connectivity index (χ1n) is 4.81. The second kappa shape index (κ2) is 3.44. The molecule has 2 nitrogen and oxygen atoms in total. The van der Waals surface area contributed by atoms with Gasteiger partial charge in [-0.1, -0.05) is 0 Å². The molecule has 0 amide bonds. The lowest BCUT2D eigenvalue weighted by atomic mass is 10.3. The van der Waals surface area contributed by atoms with Crippen LogP contribution in [0.3, 0.4) is 0 Å². The van der Waals surface area contributed by atoms with Crippen molar-refractivity contribution in [1.29, 1.82) is 0 Å². The van der Waals surface area contributed by atoms with Gasteiger partial charge in [0.25, 0.3) is 0 Å². The lowest BCUT2D eigenvalue weighted by Gasteiger charge is -1.91. The zero-order chi connectivity index (χ0) is 10.1. The molecule has 0 unspecified atom stereocenters. The Morgan fingerprint density at radius 3 is 1.67 bits per heavy atom. The van der Waals surface area contributed by atoms with E-state index in [-0.39, 0.29) is 0 Å². The Kier molecular flexibility index (Phi) is 1.96. The maximum atomic E-state index is 3.21. The van der Waals surface area contributed by atoms with Crippen LogP contribution in [-0.2, 0) is 0 Å².